The first kappa shape index (κ1) is 14.4. The summed E-state index contributed by atoms with van der Waals surface area (Å²) in [6.07, 6.45) is 5.04. The van der Waals surface area contributed by atoms with Gasteiger partial charge < -0.3 is 14.6 Å². The van der Waals surface area contributed by atoms with E-state index in [0.29, 0.717) is 25.0 Å². The van der Waals surface area contributed by atoms with Crippen molar-refractivity contribution in [1.29, 1.82) is 0 Å². The first-order valence-corrected chi connectivity index (χ1v) is 8.32. The second-order valence-corrected chi connectivity index (χ2v) is 6.72. The molecule has 0 spiro atoms. The standard InChI is InChI=1S/C17H22N4O2/c1-11-8-15(11)16-5-4-14(23-16)10-21(13-2-3-13)17(22)18-9-12-6-7-19-20-12/h4-7,11,13,15H,2-3,8-10H2,1H3,(H,18,22)(H,19,20)/t11-,15+/m1/s1. The highest BCUT2D eigenvalue weighted by atomic mass is 16.3. The number of rotatable bonds is 6. The van der Waals surface area contributed by atoms with Crippen molar-refractivity contribution < 1.29 is 9.21 Å². The van der Waals surface area contributed by atoms with Gasteiger partial charge in [0.05, 0.1) is 18.8 Å². The molecule has 0 saturated heterocycles. The minimum Gasteiger partial charge on any atom is -0.464 e. The molecule has 6 nitrogen and oxygen atoms in total. The molecule has 4 rings (SSSR count). The first-order chi connectivity index (χ1) is 11.2. The van der Waals surface area contributed by atoms with Gasteiger partial charge in [-0.1, -0.05) is 6.92 Å². The number of hydrogen-bond donors (Lipinski definition) is 2. The van der Waals surface area contributed by atoms with E-state index in [9.17, 15) is 4.79 Å². The summed E-state index contributed by atoms with van der Waals surface area (Å²) < 4.78 is 5.95. The lowest BCUT2D eigenvalue weighted by atomic mass is 10.3. The summed E-state index contributed by atoms with van der Waals surface area (Å²) in [6.45, 7) is 3.25. The van der Waals surface area contributed by atoms with Gasteiger partial charge in [-0.05, 0) is 43.4 Å². The molecule has 2 aliphatic carbocycles. The van der Waals surface area contributed by atoms with E-state index in [1.165, 1.54) is 6.42 Å². The van der Waals surface area contributed by atoms with Gasteiger partial charge in [-0.25, -0.2) is 4.79 Å². The molecule has 0 aliphatic heterocycles. The Morgan fingerprint density at radius 3 is 2.91 bits per heavy atom. The Morgan fingerprint density at radius 2 is 2.26 bits per heavy atom. The molecule has 0 radical (unpaired) electrons. The zero-order chi connectivity index (χ0) is 15.8. The maximum atomic E-state index is 12.5. The first-order valence-electron chi connectivity index (χ1n) is 8.32. The molecule has 2 saturated carbocycles. The van der Waals surface area contributed by atoms with Crippen molar-refractivity contribution in [2.45, 2.75) is 51.2 Å². The van der Waals surface area contributed by atoms with Gasteiger partial charge in [0.2, 0.25) is 0 Å². The lowest BCUT2D eigenvalue weighted by Crippen LogP contribution is -2.40. The number of furan rings is 1. The second kappa shape index (κ2) is 5.76. The van der Waals surface area contributed by atoms with E-state index in [2.05, 4.69) is 28.5 Å². The van der Waals surface area contributed by atoms with Gasteiger partial charge in [-0.3, -0.25) is 5.10 Å². The van der Waals surface area contributed by atoms with Crippen molar-refractivity contribution in [3.05, 3.63) is 41.6 Å². The van der Waals surface area contributed by atoms with Crippen LogP contribution in [0.3, 0.4) is 0 Å². The predicted molar refractivity (Wildman–Crippen MR) is 84.6 cm³/mol. The minimum absolute atomic E-state index is 0.0418. The zero-order valence-corrected chi connectivity index (χ0v) is 13.3. The fourth-order valence-electron chi connectivity index (χ4n) is 2.97. The molecular formula is C17H22N4O2. The van der Waals surface area contributed by atoms with E-state index < -0.39 is 0 Å². The van der Waals surface area contributed by atoms with Crippen LogP contribution in [-0.2, 0) is 13.1 Å². The van der Waals surface area contributed by atoms with E-state index in [1.807, 2.05) is 17.0 Å². The van der Waals surface area contributed by atoms with Crippen LogP contribution in [-0.4, -0.2) is 27.2 Å². The van der Waals surface area contributed by atoms with Crippen LogP contribution < -0.4 is 5.32 Å². The number of aromatic amines is 1. The average molecular weight is 314 g/mol. The van der Waals surface area contributed by atoms with Crippen molar-refractivity contribution in [3.8, 4) is 0 Å². The molecule has 2 aliphatic rings. The summed E-state index contributed by atoms with van der Waals surface area (Å²) in [5.74, 6) is 3.25. The van der Waals surface area contributed by atoms with E-state index in [1.54, 1.807) is 6.20 Å². The molecule has 6 heteroatoms. The number of nitrogens with one attached hydrogen (secondary N) is 2. The third kappa shape index (κ3) is 3.25. The number of H-pyrrole nitrogens is 1. The van der Waals surface area contributed by atoms with Crippen molar-refractivity contribution in [3.63, 3.8) is 0 Å². The normalized spacial score (nSPS) is 22.8. The van der Waals surface area contributed by atoms with Crippen LogP contribution in [0.5, 0.6) is 0 Å². The fourth-order valence-corrected chi connectivity index (χ4v) is 2.97. The second-order valence-electron chi connectivity index (χ2n) is 6.72. The highest BCUT2D eigenvalue weighted by Crippen LogP contribution is 2.47. The quantitative estimate of drug-likeness (QED) is 0.860. The van der Waals surface area contributed by atoms with Crippen molar-refractivity contribution in [2.75, 3.05) is 0 Å². The monoisotopic (exact) mass is 314 g/mol. The van der Waals surface area contributed by atoms with E-state index in [-0.39, 0.29) is 6.03 Å². The minimum atomic E-state index is -0.0418. The molecule has 2 aromatic heterocycles. The molecule has 122 valence electrons. The van der Waals surface area contributed by atoms with Crippen LogP contribution in [0.2, 0.25) is 0 Å². The van der Waals surface area contributed by atoms with Gasteiger partial charge in [0.1, 0.15) is 11.5 Å². The lowest BCUT2D eigenvalue weighted by molar-refractivity contribution is 0.186. The summed E-state index contributed by atoms with van der Waals surface area (Å²) in [7, 11) is 0. The van der Waals surface area contributed by atoms with Crippen molar-refractivity contribution in [2.24, 2.45) is 5.92 Å². The molecule has 2 fully saturated rings. The third-order valence-corrected chi connectivity index (χ3v) is 4.72. The van der Waals surface area contributed by atoms with Gasteiger partial charge in [-0.2, -0.15) is 5.10 Å². The smallest absolute Gasteiger partial charge is 0.318 e. The SMILES string of the molecule is C[C@@H]1C[C@@H]1c1ccc(CN(C(=O)NCc2ccn[nH]2)C2CC2)o1. The molecule has 2 atom stereocenters. The number of carbonyl (C=O) groups is 1. The van der Waals surface area contributed by atoms with E-state index >= 15 is 0 Å². The molecule has 2 heterocycles. The highest BCUT2D eigenvalue weighted by Gasteiger charge is 2.37. The molecule has 0 aromatic carbocycles. The zero-order valence-electron chi connectivity index (χ0n) is 13.3. The molecule has 23 heavy (non-hydrogen) atoms. The van der Waals surface area contributed by atoms with Crippen LogP contribution >= 0.6 is 0 Å². The Hall–Kier alpha value is -2.24. The Bertz CT molecular complexity index is 675. The van der Waals surface area contributed by atoms with E-state index in [0.717, 1.165) is 36.0 Å². The topological polar surface area (TPSA) is 74.2 Å². The largest absolute Gasteiger partial charge is 0.464 e. The van der Waals surface area contributed by atoms with Crippen LogP contribution in [0.25, 0.3) is 0 Å². The number of amides is 2. The van der Waals surface area contributed by atoms with E-state index in [4.69, 9.17) is 4.42 Å². The molecule has 2 aromatic rings. The Morgan fingerprint density at radius 1 is 1.43 bits per heavy atom. The Kier molecular flexibility index (Phi) is 3.59. The number of carbonyl (C=O) groups excluding carboxylic acids is 1. The molecular weight excluding hydrogens is 292 g/mol. The van der Waals surface area contributed by atoms with Crippen LogP contribution in [0.15, 0.2) is 28.8 Å². The molecule has 2 N–H and O–H groups in total. The van der Waals surface area contributed by atoms with Crippen LogP contribution in [0, 0.1) is 5.92 Å². The lowest BCUT2D eigenvalue weighted by Gasteiger charge is -2.21. The highest BCUT2D eigenvalue weighted by molar-refractivity contribution is 5.74. The summed E-state index contributed by atoms with van der Waals surface area (Å²) in [5, 5.41) is 9.69. The number of hydrogen-bond acceptors (Lipinski definition) is 3. The summed E-state index contributed by atoms with van der Waals surface area (Å²) in [4.78, 5) is 14.4. The maximum absolute atomic E-state index is 12.5. The van der Waals surface area contributed by atoms with Gasteiger partial charge in [-0.15, -0.1) is 0 Å². The van der Waals surface area contributed by atoms with Gasteiger partial charge in [0.15, 0.2) is 0 Å². The van der Waals surface area contributed by atoms with Gasteiger partial charge >= 0.3 is 6.03 Å². The van der Waals surface area contributed by atoms with Gasteiger partial charge in [0.25, 0.3) is 0 Å². The average Bonchev–Trinajstić information content (AvgIpc) is 3.40. The number of aromatic nitrogens is 2. The van der Waals surface area contributed by atoms with Crippen LogP contribution in [0.1, 0.15) is 49.3 Å². The Balaban J connectivity index is 1.37. The fraction of sp³-hybridized carbons (Fsp3) is 0.529. The maximum Gasteiger partial charge on any atom is 0.318 e. The predicted octanol–water partition coefficient (Wildman–Crippen LogP) is 3.00. The summed E-state index contributed by atoms with van der Waals surface area (Å²) in [6, 6.07) is 6.23. The van der Waals surface area contributed by atoms with Gasteiger partial charge in [0, 0.05) is 18.2 Å². The number of urea groups is 1. The summed E-state index contributed by atoms with van der Waals surface area (Å²) >= 11 is 0. The molecule has 0 bridgehead atoms. The Labute approximate surface area is 135 Å². The molecule has 2 amide bonds. The van der Waals surface area contributed by atoms with Crippen LogP contribution in [0.4, 0.5) is 4.79 Å². The molecule has 0 unspecified atom stereocenters. The number of nitrogens with zero attached hydrogens (tertiary/aromatic N) is 2. The van der Waals surface area contributed by atoms with Crippen molar-refractivity contribution >= 4 is 6.03 Å². The third-order valence-electron chi connectivity index (χ3n) is 4.72. The van der Waals surface area contributed by atoms with Crippen molar-refractivity contribution in [1.82, 2.24) is 20.4 Å². The summed E-state index contributed by atoms with van der Waals surface area (Å²) in [5.41, 5.74) is 0.900.